The summed E-state index contributed by atoms with van der Waals surface area (Å²) in [6.45, 7) is 1.45. The number of carbonyl (C=O) groups excluding carboxylic acids is 7. The molecule has 0 saturated heterocycles. The number of rotatable bonds is 2. The molecule has 5 atom stereocenters. The number of aldehydes is 1. The number of hydrogen-bond acceptors (Lipinski definition) is 8. The normalized spacial score (nSPS) is 32.3. The highest BCUT2D eigenvalue weighted by atomic mass is 16.3. The van der Waals surface area contributed by atoms with Gasteiger partial charge in [-0.25, -0.2) is 0 Å². The van der Waals surface area contributed by atoms with Crippen LogP contribution in [0, 0.1) is 23.7 Å². The molecule has 1 N–H and O–H groups in total. The van der Waals surface area contributed by atoms with E-state index >= 15 is 0 Å². The molecule has 0 amide bonds. The van der Waals surface area contributed by atoms with Gasteiger partial charge in [0.25, 0.3) is 0 Å². The fourth-order valence-corrected chi connectivity index (χ4v) is 8.83. The first kappa shape index (κ1) is 28.1. The van der Waals surface area contributed by atoms with Crippen molar-refractivity contribution in [2.24, 2.45) is 23.7 Å². The van der Waals surface area contributed by atoms with Crippen LogP contribution in [0.25, 0.3) is 0 Å². The van der Waals surface area contributed by atoms with E-state index in [1.165, 1.54) is 6.92 Å². The van der Waals surface area contributed by atoms with Gasteiger partial charge in [-0.3, -0.25) is 28.8 Å². The quantitative estimate of drug-likeness (QED) is 0.374. The first-order chi connectivity index (χ1) is 21.5. The molecule has 0 saturated carbocycles. The van der Waals surface area contributed by atoms with Crippen LogP contribution >= 0.6 is 0 Å². The average molecular weight is 603 g/mol. The lowest BCUT2D eigenvalue weighted by Crippen LogP contribution is -2.35. The van der Waals surface area contributed by atoms with E-state index in [0.29, 0.717) is 63.8 Å². The molecule has 5 unspecified atom stereocenters. The number of allylic oxidation sites excluding steroid dienone is 14. The fraction of sp³-hybridized carbons (Fsp3) is 0.378. The molecule has 0 heterocycles. The Morgan fingerprint density at radius 1 is 0.644 bits per heavy atom. The summed E-state index contributed by atoms with van der Waals surface area (Å²) in [5.74, 6) is -6.34. The molecular weight excluding hydrogens is 572 g/mol. The summed E-state index contributed by atoms with van der Waals surface area (Å²) in [6, 6.07) is 0. The van der Waals surface area contributed by atoms with Crippen LogP contribution in [0.2, 0.25) is 0 Å². The van der Waals surface area contributed by atoms with E-state index in [-0.39, 0.29) is 43.5 Å². The number of aliphatic hydroxyl groups is 1. The highest BCUT2D eigenvalue weighted by Crippen LogP contribution is 2.50. The lowest BCUT2D eigenvalue weighted by Gasteiger charge is -2.30. The highest BCUT2D eigenvalue weighted by molar-refractivity contribution is 6.47. The minimum atomic E-state index is -1.41. The maximum atomic E-state index is 13.8. The zero-order valence-electron chi connectivity index (χ0n) is 24.7. The molecular formula is C37H30O8. The molecule has 8 heteroatoms. The minimum Gasteiger partial charge on any atom is -0.384 e. The van der Waals surface area contributed by atoms with Gasteiger partial charge in [-0.1, -0.05) is 46.6 Å². The van der Waals surface area contributed by atoms with Crippen molar-refractivity contribution >= 4 is 41.0 Å². The van der Waals surface area contributed by atoms with Gasteiger partial charge in [0, 0.05) is 28.6 Å². The van der Waals surface area contributed by atoms with Gasteiger partial charge in [0.2, 0.25) is 23.1 Å². The number of fused-ring (bicyclic) bond motifs is 1. The van der Waals surface area contributed by atoms with E-state index in [4.69, 9.17) is 0 Å². The molecule has 8 aliphatic rings. The first-order valence-electron chi connectivity index (χ1n) is 15.6. The molecule has 226 valence electrons. The Bertz CT molecular complexity index is 1910. The molecule has 0 fully saturated rings. The van der Waals surface area contributed by atoms with Crippen molar-refractivity contribution in [2.75, 3.05) is 0 Å². The standard InChI is InChI=1S/C37H30O8/c1-15(39)25-11-27-19-4-17(25)2-16-3-18-5-20-7-22-9-23-8-21(6-19)29(35(43)33(27)41)13-31(23)37(45)36(44)30(22)12-28(20)34(42)32(40)26(18)10-24(16)14-38/h3-4,7-8,14,24,27-28,31,33,41H,2,5-6,9-13H2,1H3. The van der Waals surface area contributed by atoms with Crippen LogP contribution in [0.5, 0.6) is 0 Å². The summed E-state index contributed by atoms with van der Waals surface area (Å²) in [7, 11) is 0. The molecule has 0 aromatic carbocycles. The van der Waals surface area contributed by atoms with E-state index in [0.717, 1.165) is 23.0 Å². The predicted octanol–water partition coefficient (Wildman–Crippen LogP) is 3.57. The molecule has 8 bridgehead atoms. The smallest absolute Gasteiger partial charge is 0.225 e. The molecule has 0 radical (unpaired) electrons. The number of aliphatic hydroxyl groups excluding tert-OH is 1. The fourth-order valence-electron chi connectivity index (χ4n) is 8.83. The molecule has 0 spiro atoms. The summed E-state index contributed by atoms with van der Waals surface area (Å²) < 4.78 is 0. The molecule has 0 aliphatic heterocycles. The largest absolute Gasteiger partial charge is 0.384 e. The molecule has 8 rings (SSSR count). The number of hydrogen-bond donors (Lipinski definition) is 1. The van der Waals surface area contributed by atoms with E-state index in [2.05, 4.69) is 0 Å². The van der Waals surface area contributed by atoms with Crippen LogP contribution in [-0.4, -0.2) is 52.2 Å². The predicted molar refractivity (Wildman–Crippen MR) is 159 cm³/mol. The SMILES string of the molecule is CC(=O)C1=C2C=C3CC4=C(CC5C(=O)C(=O)C6=C(C=C7CC8=C(CC(C=O)C(=C8)C2)C(=O)C(=O)C7C6)CC5=C4)C(=O)C(O)C3C1. The Morgan fingerprint density at radius 2 is 1.13 bits per heavy atom. The van der Waals surface area contributed by atoms with Crippen LogP contribution in [-0.2, 0) is 33.6 Å². The van der Waals surface area contributed by atoms with Gasteiger partial charge in [-0.05, 0) is 86.2 Å². The second-order valence-electron chi connectivity index (χ2n) is 13.6. The van der Waals surface area contributed by atoms with Gasteiger partial charge in [-0.2, -0.15) is 0 Å². The van der Waals surface area contributed by atoms with Gasteiger partial charge in [-0.15, -0.1) is 0 Å². The van der Waals surface area contributed by atoms with Crippen molar-refractivity contribution in [1.82, 2.24) is 0 Å². The third-order valence-corrected chi connectivity index (χ3v) is 11.2. The zero-order chi connectivity index (χ0) is 31.5. The first-order valence-corrected chi connectivity index (χ1v) is 15.6. The molecule has 8 aliphatic carbocycles. The molecule has 0 aromatic rings. The van der Waals surface area contributed by atoms with Crippen LogP contribution in [0.4, 0.5) is 0 Å². The maximum Gasteiger partial charge on any atom is 0.225 e. The Kier molecular flexibility index (Phi) is 6.10. The van der Waals surface area contributed by atoms with Crippen molar-refractivity contribution in [2.45, 2.75) is 64.4 Å². The van der Waals surface area contributed by atoms with Gasteiger partial charge >= 0.3 is 0 Å². The summed E-state index contributed by atoms with van der Waals surface area (Å²) >= 11 is 0. The number of carbonyl (C=O) groups is 7. The Hall–Kier alpha value is -4.43. The Morgan fingerprint density at radius 3 is 1.73 bits per heavy atom. The minimum absolute atomic E-state index is 0.00358. The zero-order valence-corrected chi connectivity index (χ0v) is 24.7. The van der Waals surface area contributed by atoms with E-state index < -0.39 is 58.7 Å². The Balaban J connectivity index is 1.39. The van der Waals surface area contributed by atoms with Crippen molar-refractivity contribution in [1.29, 1.82) is 0 Å². The third kappa shape index (κ3) is 4.04. The second kappa shape index (κ2) is 9.78. The lowest BCUT2D eigenvalue weighted by atomic mass is 9.74. The lowest BCUT2D eigenvalue weighted by molar-refractivity contribution is -0.137. The van der Waals surface area contributed by atoms with Crippen LogP contribution < -0.4 is 0 Å². The summed E-state index contributed by atoms with van der Waals surface area (Å²) in [5.41, 5.74) is 7.07. The second-order valence-corrected chi connectivity index (χ2v) is 13.6. The van der Waals surface area contributed by atoms with Crippen LogP contribution in [0.15, 0.2) is 91.2 Å². The average Bonchev–Trinajstić information content (AvgIpc) is 3.23. The van der Waals surface area contributed by atoms with Crippen molar-refractivity contribution in [3.05, 3.63) is 91.2 Å². The number of Topliss-reactive ketones (excluding diaryl/α,β-unsaturated/α-hetero) is 6. The van der Waals surface area contributed by atoms with E-state index in [1.807, 2.05) is 24.3 Å². The number of ketones is 6. The van der Waals surface area contributed by atoms with Gasteiger partial charge in [0.05, 0.1) is 11.8 Å². The van der Waals surface area contributed by atoms with Crippen LogP contribution in [0.3, 0.4) is 0 Å². The van der Waals surface area contributed by atoms with E-state index in [9.17, 15) is 38.7 Å². The molecule has 0 aromatic heterocycles. The van der Waals surface area contributed by atoms with Gasteiger partial charge < -0.3 is 9.90 Å². The summed E-state index contributed by atoms with van der Waals surface area (Å²) in [6.07, 6.45) is 8.15. The van der Waals surface area contributed by atoms with Crippen molar-refractivity contribution in [3.63, 3.8) is 0 Å². The monoisotopic (exact) mass is 602 g/mol. The Labute approximate surface area is 258 Å². The van der Waals surface area contributed by atoms with Crippen LogP contribution in [0.1, 0.15) is 58.3 Å². The summed E-state index contributed by atoms with van der Waals surface area (Å²) in [5, 5.41) is 11.4. The van der Waals surface area contributed by atoms with E-state index in [1.54, 1.807) is 0 Å². The maximum absolute atomic E-state index is 13.8. The molecule has 8 nitrogen and oxygen atoms in total. The molecule has 45 heavy (non-hydrogen) atoms. The van der Waals surface area contributed by atoms with Crippen molar-refractivity contribution in [3.8, 4) is 0 Å². The van der Waals surface area contributed by atoms with Gasteiger partial charge in [0.15, 0.2) is 11.6 Å². The highest BCUT2D eigenvalue weighted by Gasteiger charge is 2.47. The topological polar surface area (TPSA) is 140 Å². The summed E-state index contributed by atoms with van der Waals surface area (Å²) in [4.78, 5) is 93.9. The van der Waals surface area contributed by atoms with Gasteiger partial charge in [0.1, 0.15) is 12.4 Å². The third-order valence-electron chi connectivity index (χ3n) is 11.2. The van der Waals surface area contributed by atoms with Crippen molar-refractivity contribution < 1.29 is 38.7 Å².